The molecule has 11 heteroatoms. The summed E-state index contributed by atoms with van der Waals surface area (Å²) in [4.78, 5) is 27.4. The van der Waals surface area contributed by atoms with E-state index < -0.39 is 46.2 Å². The number of hydrogen-bond acceptors (Lipinski definition) is 5. The number of carboxylic acid groups (broad SMARTS) is 1. The molecular formula is C16H10BrF3N4O3. The minimum absolute atomic E-state index is 0.138. The quantitative estimate of drug-likeness (QED) is 0.538. The van der Waals surface area contributed by atoms with Gasteiger partial charge in [-0.25, -0.2) is 18.6 Å². The summed E-state index contributed by atoms with van der Waals surface area (Å²) in [6.45, 7) is 0. The van der Waals surface area contributed by atoms with Crippen molar-refractivity contribution in [3.63, 3.8) is 0 Å². The van der Waals surface area contributed by atoms with E-state index in [9.17, 15) is 23.5 Å². The van der Waals surface area contributed by atoms with Gasteiger partial charge in [0.05, 0.1) is 15.7 Å². The lowest BCUT2D eigenvalue weighted by Gasteiger charge is -2.17. The predicted octanol–water partition coefficient (Wildman–Crippen LogP) is 2.89. The van der Waals surface area contributed by atoms with Crippen LogP contribution in [0.5, 0.6) is 0 Å². The molecule has 1 aromatic carbocycles. The Labute approximate surface area is 157 Å². The number of halogens is 4. The van der Waals surface area contributed by atoms with Crippen LogP contribution in [0.15, 0.2) is 27.5 Å². The third kappa shape index (κ3) is 2.79. The lowest BCUT2D eigenvalue weighted by atomic mass is 10.1. The summed E-state index contributed by atoms with van der Waals surface area (Å²) in [6.07, 6.45) is 0. The Bertz CT molecular complexity index is 1180. The number of aromatic carboxylic acids is 1. The molecule has 0 aliphatic rings. The molecule has 0 fully saturated rings. The molecule has 7 nitrogen and oxygen atoms in total. The van der Waals surface area contributed by atoms with Crippen molar-refractivity contribution < 1.29 is 23.1 Å². The van der Waals surface area contributed by atoms with E-state index in [1.807, 2.05) is 0 Å². The van der Waals surface area contributed by atoms with Crippen LogP contribution < -0.4 is 16.5 Å². The molecular weight excluding hydrogens is 433 g/mol. The summed E-state index contributed by atoms with van der Waals surface area (Å²) >= 11 is 3.19. The molecule has 0 spiro atoms. The minimum atomic E-state index is -1.85. The molecule has 4 N–H and O–H groups in total. The Morgan fingerprint density at radius 1 is 1.30 bits per heavy atom. The van der Waals surface area contributed by atoms with Gasteiger partial charge in [-0.15, -0.1) is 0 Å². The van der Waals surface area contributed by atoms with Gasteiger partial charge in [-0.3, -0.25) is 9.36 Å². The average molecular weight is 443 g/mol. The van der Waals surface area contributed by atoms with E-state index in [4.69, 9.17) is 5.73 Å². The topological polar surface area (TPSA) is 110 Å². The van der Waals surface area contributed by atoms with Gasteiger partial charge in [0.15, 0.2) is 28.8 Å². The number of aromatic nitrogens is 2. The van der Waals surface area contributed by atoms with Crippen molar-refractivity contribution in [2.24, 2.45) is 0 Å². The highest BCUT2D eigenvalue weighted by Gasteiger charge is 2.27. The Morgan fingerprint density at radius 3 is 2.56 bits per heavy atom. The van der Waals surface area contributed by atoms with Gasteiger partial charge in [-0.2, -0.15) is 4.39 Å². The molecule has 0 unspecified atom stereocenters. The van der Waals surface area contributed by atoms with Crippen molar-refractivity contribution in [1.82, 2.24) is 9.55 Å². The summed E-state index contributed by atoms with van der Waals surface area (Å²) in [5.74, 6) is -7.42. The number of nitrogens with two attached hydrogens (primary N) is 1. The summed E-state index contributed by atoms with van der Waals surface area (Å²) in [7, 11) is 1.55. The predicted molar refractivity (Wildman–Crippen MR) is 95.8 cm³/mol. The number of nitrogens with zero attached hydrogens (tertiary/aromatic N) is 2. The highest BCUT2D eigenvalue weighted by molar-refractivity contribution is 9.10. The molecule has 27 heavy (non-hydrogen) atoms. The number of hydrogen-bond donors (Lipinski definition) is 3. The number of fused-ring (bicyclic) bond motifs is 1. The van der Waals surface area contributed by atoms with E-state index in [-0.39, 0.29) is 15.4 Å². The molecule has 0 aliphatic heterocycles. The zero-order valence-electron chi connectivity index (χ0n) is 13.5. The largest absolute Gasteiger partial charge is 0.477 e. The van der Waals surface area contributed by atoms with E-state index in [1.165, 1.54) is 12.1 Å². The second-order valence-electron chi connectivity index (χ2n) is 5.37. The molecule has 0 bridgehead atoms. The first kappa shape index (κ1) is 18.7. The summed E-state index contributed by atoms with van der Waals surface area (Å²) in [6, 6.07) is 3.09. The Kier molecular flexibility index (Phi) is 4.56. The number of carboxylic acids is 1. The fourth-order valence-corrected chi connectivity index (χ4v) is 3.33. The molecule has 0 radical (unpaired) electrons. The molecule has 0 amide bonds. The van der Waals surface area contributed by atoms with Crippen molar-refractivity contribution >= 4 is 44.3 Å². The minimum Gasteiger partial charge on any atom is -0.477 e. The monoisotopic (exact) mass is 442 g/mol. The van der Waals surface area contributed by atoms with Gasteiger partial charge in [0.2, 0.25) is 11.4 Å². The van der Waals surface area contributed by atoms with Gasteiger partial charge in [-0.1, -0.05) is 0 Å². The van der Waals surface area contributed by atoms with Crippen molar-refractivity contribution in [3.05, 3.63) is 56.0 Å². The maximum Gasteiger partial charge on any atom is 0.344 e. The van der Waals surface area contributed by atoms with Crippen LogP contribution >= 0.6 is 15.9 Å². The van der Waals surface area contributed by atoms with Crippen LogP contribution in [0.25, 0.3) is 16.7 Å². The van der Waals surface area contributed by atoms with Crippen LogP contribution in [-0.4, -0.2) is 27.7 Å². The van der Waals surface area contributed by atoms with Gasteiger partial charge in [-0.05, 0) is 28.1 Å². The van der Waals surface area contributed by atoms with Gasteiger partial charge in [0.25, 0.3) is 0 Å². The molecule has 2 heterocycles. The maximum absolute atomic E-state index is 15.0. The smallest absolute Gasteiger partial charge is 0.344 e. The summed E-state index contributed by atoms with van der Waals surface area (Å²) in [5.41, 5.74) is 3.23. The first-order valence-corrected chi connectivity index (χ1v) is 8.08. The number of benzene rings is 1. The lowest BCUT2D eigenvalue weighted by Crippen LogP contribution is -2.24. The second-order valence-corrected chi connectivity index (χ2v) is 6.16. The zero-order valence-corrected chi connectivity index (χ0v) is 15.1. The van der Waals surface area contributed by atoms with Gasteiger partial charge < -0.3 is 16.2 Å². The van der Waals surface area contributed by atoms with Crippen molar-refractivity contribution in [2.45, 2.75) is 0 Å². The number of carbonyl (C=O) groups is 1. The first-order valence-electron chi connectivity index (χ1n) is 7.28. The van der Waals surface area contributed by atoms with Crippen LogP contribution in [0.2, 0.25) is 0 Å². The van der Waals surface area contributed by atoms with Crippen LogP contribution in [0.1, 0.15) is 10.4 Å². The normalized spacial score (nSPS) is 11.0. The van der Waals surface area contributed by atoms with Crippen LogP contribution in [-0.2, 0) is 0 Å². The molecule has 0 saturated heterocycles. The van der Waals surface area contributed by atoms with E-state index in [1.54, 1.807) is 7.05 Å². The average Bonchev–Trinajstić information content (AvgIpc) is 2.59. The molecule has 0 aliphatic carbocycles. The second kappa shape index (κ2) is 6.58. The van der Waals surface area contributed by atoms with E-state index >= 15 is 4.39 Å². The van der Waals surface area contributed by atoms with Crippen LogP contribution in [0.3, 0.4) is 0 Å². The highest BCUT2D eigenvalue weighted by Crippen LogP contribution is 2.33. The van der Waals surface area contributed by atoms with E-state index in [0.717, 1.165) is 0 Å². The maximum atomic E-state index is 15.0. The Morgan fingerprint density at radius 2 is 1.96 bits per heavy atom. The number of nitrogen functional groups attached to an aromatic ring is 1. The third-order valence-electron chi connectivity index (χ3n) is 3.85. The molecule has 2 aromatic heterocycles. The summed E-state index contributed by atoms with van der Waals surface area (Å²) < 4.78 is 43.5. The molecule has 0 saturated carbocycles. The van der Waals surface area contributed by atoms with Crippen molar-refractivity contribution in [1.29, 1.82) is 0 Å². The number of anilines is 2. The number of nitrogens with one attached hydrogen (secondary N) is 1. The van der Waals surface area contributed by atoms with E-state index in [2.05, 4.69) is 26.2 Å². The Hall–Kier alpha value is -3.08. The van der Waals surface area contributed by atoms with Crippen molar-refractivity contribution in [2.75, 3.05) is 18.1 Å². The Balaban J connectivity index is 2.64. The zero-order chi connectivity index (χ0) is 20.0. The van der Waals surface area contributed by atoms with E-state index in [0.29, 0.717) is 16.3 Å². The molecule has 3 rings (SSSR count). The van der Waals surface area contributed by atoms with Gasteiger partial charge in [0, 0.05) is 18.5 Å². The fourth-order valence-electron chi connectivity index (χ4n) is 2.61. The SMILES string of the molecule is CNc1ccc2c(=O)c(C(=O)O)c(F)n(-c3nc(N)c(F)cc3F)c2c1Br. The molecule has 140 valence electrons. The number of pyridine rings is 2. The molecule has 0 atom stereocenters. The summed E-state index contributed by atoms with van der Waals surface area (Å²) in [5, 5.41) is 11.8. The van der Waals surface area contributed by atoms with Gasteiger partial charge in [0.1, 0.15) is 0 Å². The van der Waals surface area contributed by atoms with Gasteiger partial charge >= 0.3 is 5.97 Å². The lowest BCUT2D eigenvalue weighted by molar-refractivity contribution is 0.0689. The van der Waals surface area contributed by atoms with Crippen LogP contribution in [0.4, 0.5) is 24.7 Å². The number of rotatable bonds is 3. The first-order chi connectivity index (χ1) is 12.7. The van der Waals surface area contributed by atoms with Crippen LogP contribution in [0, 0.1) is 17.6 Å². The standard InChI is InChI=1S/C16H10BrF3N4O3/c1-22-8-3-2-5-11(10(8)17)24(13(20)9(12(5)25)16(26)27)15-7(19)4-6(18)14(21)23-15/h2-4,22H,1H3,(H2,21,23)(H,26,27). The highest BCUT2D eigenvalue weighted by atomic mass is 79.9. The van der Waals surface area contributed by atoms with Crippen molar-refractivity contribution in [3.8, 4) is 5.82 Å². The fraction of sp³-hybridized carbons (Fsp3) is 0.0625. The third-order valence-corrected chi connectivity index (χ3v) is 4.65. The molecule has 3 aromatic rings.